The maximum atomic E-state index is 9.79. The van der Waals surface area contributed by atoms with Gasteiger partial charge >= 0.3 is 0 Å². The van der Waals surface area contributed by atoms with Crippen molar-refractivity contribution in [3.63, 3.8) is 0 Å². The number of fused-ring (bicyclic) bond motifs is 1. The predicted octanol–water partition coefficient (Wildman–Crippen LogP) is 13.4. The molecule has 0 aliphatic carbocycles. The zero-order valence-corrected chi connectivity index (χ0v) is 39.3. The number of aliphatic hydroxyl groups excluding tert-OH is 3. The average molecular weight is 842 g/mol. The van der Waals surface area contributed by atoms with E-state index in [0.29, 0.717) is 30.3 Å². The van der Waals surface area contributed by atoms with Crippen molar-refractivity contribution in [1.82, 2.24) is 4.98 Å². The molecule has 0 saturated carbocycles. The summed E-state index contributed by atoms with van der Waals surface area (Å²) in [6.45, 7) is 20.7. The van der Waals surface area contributed by atoms with E-state index in [9.17, 15) is 10.2 Å². The molecule has 1 aromatic heterocycles. The maximum absolute atomic E-state index is 9.79. The summed E-state index contributed by atoms with van der Waals surface area (Å²) in [7, 11) is 0. The fourth-order valence-electron chi connectivity index (χ4n) is 7.89. The fraction of sp³-hybridized carbons (Fsp3) is 0.439. The highest BCUT2D eigenvalue weighted by Crippen LogP contribution is 2.36. The lowest BCUT2D eigenvalue weighted by molar-refractivity contribution is 0.0893. The molecule has 0 saturated heterocycles. The van der Waals surface area contributed by atoms with Crippen molar-refractivity contribution in [2.24, 2.45) is 41.4 Å². The second-order valence-electron chi connectivity index (χ2n) is 18.1. The number of ether oxygens (including phenoxy) is 1. The van der Waals surface area contributed by atoms with Crippen LogP contribution in [0.2, 0.25) is 0 Å². The van der Waals surface area contributed by atoms with Gasteiger partial charge in [-0.2, -0.15) is 0 Å². The first-order valence-corrected chi connectivity index (χ1v) is 23.1. The zero-order valence-electron chi connectivity index (χ0n) is 39.3. The van der Waals surface area contributed by atoms with Crippen LogP contribution in [0.3, 0.4) is 0 Å². The van der Waals surface area contributed by atoms with Crippen LogP contribution in [0.15, 0.2) is 152 Å². The topological polar surface area (TPSA) is 85.7 Å². The van der Waals surface area contributed by atoms with Gasteiger partial charge in [0.05, 0.1) is 6.10 Å². The molecule has 0 radical (unpaired) electrons. The third-order valence-electron chi connectivity index (χ3n) is 11.9. The Balaban J connectivity index is 0.000000223. The van der Waals surface area contributed by atoms with Gasteiger partial charge in [-0.25, -0.2) is 0 Å². The third-order valence-corrected chi connectivity index (χ3v) is 11.9. The molecule has 6 rings (SSSR count). The molecule has 4 atom stereocenters. The van der Waals surface area contributed by atoms with Gasteiger partial charge in [0, 0.05) is 36.2 Å². The van der Waals surface area contributed by atoms with Crippen LogP contribution in [-0.2, 0) is 12.8 Å². The van der Waals surface area contributed by atoms with Crippen LogP contribution in [0, 0.1) is 41.4 Å². The van der Waals surface area contributed by atoms with Crippen LogP contribution in [0.4, 0.5) is 0 Å². The first kappa shape index (κ1) is 51.7. The Morgan fingerprint density at radius 1 is 0.548 bits per heavy atom. The fourth-order valence-corrected chi connectivity index (χ4v) is 7.89. The normalized spacial score (nSPS) is 13.1. The molecule has 0 bridgehead atoms. The standard InChI is InChI=1S/C18H22O.C15H21N.C12H18O2.C12H18O/c1-14(2)17(13-19)18(15-9-5-3-6-10-15)16-11-7-4-8-12-16;1-4-12(11(2)3)9-13-10-16-15-8-6-5-7-14(13)15;1-10(2)8-11(13)9-14-12-6-4-3-5-7-12;1-10(2)12(9-13)8-11-6-4-3-5-7-11/h3-12,14,17-19H,13H2,1-2H3;5-8,10-12,16H,4,9H2,1-3H3;3-7,10-11,13H,8-9H2,1-2H3;3-7,10,12-13H,8-9H2,1-2H3. The zero-order chi connectivity index (χ0) is 45.3. The van der Waals surface area contributed by atoms with E-state index in [1.54, 1.807) is 0 Å². The van der Waals surface area contributed by atoms with E-state index < -0.39 is 0 Å². The van der Waals surface area contributed by atoms with Crippen molar-refractivity contribution in [1.29, 1.82) is 0 Å². The Kier molecular flexibility index (Phi) is 24.0. The van der Waals surface area contributed by atoms with Crippen LogP contribution in [0.1, 0.15) is 103 Å². The number of para-hydroxylation sites is 2. The van der Waals surface area contributed by atoms with Crippen LogP contribution in [0.5, 0.6) is 5.75 Å². The summed E-state index contributed by atoms with van der Waals surface area (Å²) >= 11 is 0. The first-order chi connectivity index (χ1) is 29.9. The lowest BCUT2D eigenvalue weighted by atomic mass is 9.76. The number of aliphatic hydroxyl groups is 3. The van der Waals surface area contributed by atoms with Gasteiger partial charge in [-0.3, -0.25) is 0 Å². The first-order valence-electron chi connectivity index (χ1n) is 23.1. The number of rotatable bonds is 18. The van der Waals surface area contributed by atoms with E-state index in [4.69, 9.17) is 9.84 Å². The summed E-state index contributed by atoms with van der Waals surface area (Å²) in [6.07, 6.45) is 6.03. The van der Waals surface area contributed by atoms with Gasteiger partial charge in [0.25, 0.3) is 0 Å². The molecule has 5 heteroatoms. The maximum Gasteiger partial charge on any atom is 0.119 e. The molecular formula is C57H79NO4. The van der Waals surface area contributed by atoms with Crippen LogP contribution < -0.4 is 4.74 Å². The Bertz CT molecular complexity index is 1940. The summed E-state index contributed by atoms with van der Waals surface area (Å²) in [5.41, 5.74) is 6.60. The van der Waals surface area contributed by atoms with E-state index in [1.807, 2.05) is 60.7 Å². The Hall–Kier alpha value is -4.68. The minimum absolute atomic E-state index is 0.214. The minimum Gasteiger partial charge on any atom is -0.491 e. The van der Waals surface area contributed by atoms with Gasteiger partial charge in [0.2, 0.25) is 0 Å². The molecule has 0 aliphatic heterocycles. The molecule has 62 heavy (non-hydrogen) atoms. The van der Waals surface area contributed by atoms with Crippen LogP contribution in [0.25, 0.3) is 10.9 Å². The van der Waals surface area contributed by atoms with Crippen molar-refractivity contribution in [2.45, 2.75) is 100 Å². The highest BCUT2D eigenvalue weighted by Gasteiger charge is 2.26. The lowest BCUT2D eigenvalue weighted by Gasteiger charge is -2.29. The Morgan fingerprint density at radius 3 is 1.52 bits per heavy atom. The Labute approximate surface area is 375 Å². The average Bonchev–Trinajstić information content (AvgIpc) is 3.69. The quantitative estimate of drug-likeness (QED) is 0.0694. The largest absolute Gasteiger partial charge is 0.491 e. The van der Waals surface area contributed by atoms with Crippen molar-refractivity contribution in [3.8, 4) is 5.75 Å². The number of benzene rings is 5. The molecule has 5 nitrogen and oxygen atoms in total. The second-order valence-corrected chi connectivity index (χ2v) is 18.1. The molecule has 4 unspecified atom stereocenters. The number of hydrogen-bond acceptors (Lipinski definition) is 4. The van der Waals surface area contributed by atoms with Gasteiger partial charge in [-0.15, -0.1) is 0 Å². The third kappa shape index (κ3) is 18.3. The lowest BCUT2D eigenvalue weighted by Crippen LogP contribution is -2.23. The van der Waals surface area contributed by atoms with Crippen molar-refractivity contribution >= 4 is 10.9 Å². The van der Waals surface area contributed by atoms with Crippen LogP contribution >= 0.6 is 0 Å². The highest BCUT2D eigenvalue weighted by molar-refractivity contribution is 5.83. The van der Waals surface area contributed by atoms with E-state index in [1.165, 1.54) is 46.0 Å². The van der Waals surface area contributed by atoms with Gasteiger partial charge < -0.3 is 25.0 Å². The molecule has 4 N–H and O–H groups in total. The molecule has 336 valence electrons. The van der Waals surface area contributed by atoms with Crippen molar-refractivity contribution < 1.29 is 20.1 Å². The van der Waals surface area contributed by atoms with E-state index >= 15 is 0 Å². The highest BCUT2D eigenvalue weighted by atomic mass is 16.5. The van der Waals surface area contributed by atoms with Gasteiger partial charge in [0.1, 0.15) is 12.4 Å². The molecule has 0 aliphatic rings. The smallest absolute Gasteiger partial charge is 0.119 e. The number of H-pyrrole nitrogens is 1. The molecule has 0 fully saturated rings. The van der Waals surface area contributed by atoms with Gasteiger partial charge in [-0.05, 0) is 101 Å². The molecule has 0 amide bonds. The summed E-state index contributed by atoms with van der Waals surface area (Å²) in [4.78, 5) is 3.36. The molecule has 0 spiro atoms. The van der Waals surface area contributed by atoms with E-state index in [-0.39, 0.29) is 31.2 Å². The summed E-state index contributed by atoms with van der Waals surface area (Å²) in [6, 6.07) is 49.5. The number of nitrogens with one attached hydrogen (secondary N) is 1. The molecule has 5 aromatic carbocycles. The molecule has 1 heterocycles. The predicted molar refractivity (Wildman–Crippen MR) is 264 cm³/mol. The Morgan fingerprint density at radius 2 is 1.05 bits per heavy atom. The molecular weight excluding hydrogens is 763 g/mol. The molecule has 6 aromatic rings. The van der Waals surface area contributed by atoms with E-state index in [0.717, 1.165) is 30.4 Å². The van der Waals surface area contributed by atoms with Crippen molar-refractivity contribution in [3.05, 3.63) is 174 Å². The second kappa shape index (κ2) is 28.8. The number of aromatic nitrogens is 1. The van der Waals surface area contributed by atoms with Gasteiger partial charge in [-0.1, -0.05) is 196 Å². The summed E-state index contributed by atoms with van der Waals surface area (Å²) < 4.78 is 5.42. The minimum atomic E-state index is -0.366. The van der Waals surface area contributed by atoms with Gasteiger partial charge in [0.15, 0.2) is 0 Å². The van der Waals surface area contributed by atoms with Crippen LogP contribution in [-0.4, -0.2) is 46.2 Å². The number of aromatic amines is 1. The monoisotopic (exact) mass is 842 g/mol. The van der Waals surface area contributed by atoms with E-state index in [2.05, 4.69) is 158 Å². The SMILES string of the molecule is CC(C)C(CO)C(c1ccccc1)c1ccccc1.CC(C)C(CO)Cc1ccccc1.CC(C)CC(O)COc1ccccc1.CCC(Cc1c[nH]c2ccccc12)C(C)C. The number of hydrogen-bond donors (Lipinski definition) is 4. The summed E-state index contributed by atoms with van der Waals surface area (Å²) in [5.74, 6) is 4.75. The van der Waals surface area contributed by atoms with Crippen molar-refractivity contribution in [2.75, 3.05) is 19.8 Å². The summed E-state index contributed by atoms with van der Waals surface area (Å²) in [5, 5.41) is 29.9.